The number of hydrogen-bond acceptors (Lipinski definition) is 4. The van der Waals surface area contributed by atoms with Crippen molar-refractivity contribution in [1.82, 2.24) is 0 Å². The number of rotatable bonds is 3. The molecule has 4 nitrogen and oxygen atoms in total. The summed E-state index contributed by atoms with van der Waals surface area (Å²) >= 11 is 0. The van der Waals surface area contributed by atoms with Crippen molar-refractivity contribution in [2.75, 3.05) is 7.11 Å². The van der Waals surface area contributed by atoms with Gasteiger partial charge in [-0.2, -0.15) is 5.26 Å². The first-order chi connectivity index (χ1) is 8.76. The Hall–Kier alpha value is -1.54. The Labute approximate surface area is 113 Å². The van der Waals surface area contributed by atoms with Crippen LogP contribution in [0.2, 0.25) is 0 Å². The van der Waals surface area contributed by atoms with Crippen molar-refractivity contribution in [3.63, 3.8) is 0 Å². The van der Waals surface area contributed by atoms with Crippen LogP contribution in [-0.4, -0.2) is 20.3 Å². The summed E-state index contributed by atoms with van der Waals surface area (Å²) in [7, 11) is -2.10. The molecule has 19 heavy (non-hydrogen) atoms. The van der Waals surface area contributed by atoms with Gasteiger partial charge in [0.05, 0.1) is 18.1 Å². The Morgan fingerprint density at radius 3 is 2.11 bits per heavy atom. The van der Waals surface area contributed by atoms with Gasteiger partial charge < -0.3 is 4.74 Å². The first kappa shape index (κ1) is 13.9. The van der Waals surface area contributed by atoms with Crippen molar-refractivity contribution >= 4 is 9.84 Å². The SMILES string of the molecule is COc1ccc(S(=O)(=O)C2(C#N)CC(C)(C)C2)cc1. The van der Waals surface area contributed by atoms with Crippen LogP contribution in [-0.2, 0) is 9.84 Å². The molecule has 5 heteroatoms. The van der Waals surface area contributed by atoms with E-state index >= 15 is 0 Å². The highest BCUT2D eigenvalue weighted by molar-refractivity contribution is 7.93. The topological polar surface area (TPSA) is 67.2 Å². The molecule has 0 aromatic heterocycles. The van der Waals surface area contributed by atoms with Crippen LogP contribution in [0.25, 0.3) is 0 Å². The van der Waals surface area contributed by atoms with Crippen LogP contribution in [0.3, 0.4) is 0 Å². The van der Waals surface area contributed by atoms with E-state index in [4.69, 9.17) is 4.74 Å². The monoisotopic (exact) mass is 279 g/mol. The maximum atomic E-state index is 12.6. The van der Waals surface area contributed by atoms with Gasteiger partial charge in [0.15, 0.2) is 14.6 Å². The first-order valence-corrected chi connectivity index (χ1v) is 7.55. The zero-order valence-electron chi connectivity index (χ0n) is 11.3. The van der Waals surface area contributed by atoms with Gasteiger partial charge in [0, 0.05) is 0 Å². The minimum atomic E-state index is -3.63. The number of nitriles is 1. The predicted octanol–water partition coefficient (Wildman–Crippen LogP) is 2.55. The third-order valence-corrected chi connectivity index (χ3v) is 5.92. The van der Waals surface area contributed by atoms with Gasteiger partial charge in [0.2, 0.25) is 0 Å². The average Bonchev–Trinajstić information content (AvgIpc) is 2.35. The van der Waals surface area contributed by atoms with E-state index in [1.54, 1.807) is 12.1 Å². The molecular weight excluding hydrogens is 262 g/mol. The number of ether oxygens (including phenoxy) is 1. The molecule has 1 saturated carbocycles. The zero-order valence-corrected chi connectivity index (χ0v) is 12.1. The molecule has 0 spiro atoms. The fourth-order valence-electron chi connectivity index (χ4n) is 2.80. The van der Waals surface area contributed by atoms with E-state index in [9.17, 15) is 13.7 Å². The molecule has 1 aliphatic rings. The number of methoxy groups -OCH3 is 1. The molecule has 1 aromatic carbocycles. The second-order valence-electron chi connectivity index (χ2n) is 5.80. The fraction of sp³-hybridized carbons (Fsp3) is 0.500. The summed E-state index contributed by atoms with van der Waals surface area (Å²) in [5, 5.41) is 9.31. The minimum absolute atomic E-state index is 0.0880. The van der Waals surface area contributed by atoms with Gasteiger partial charge in [-0.1, -0.05) is 13.8 Å². The van der Waals surface area contributed by atoms with Crippen molar-refractivity contribution in [3.8, 4) is 11.8 Å². The lowest BCUT2D eigenvalue weighted by Gasteiger charge is -2.47. The largest absolute Gasteiger partial charge is 0.497 e. The molecule has 1 aromatic rings. The summed E-state index contributed by atoms with van der Waals surface area (Å²) in [6.07, 6.45) is 0.760. The summed E-state index contributed by atoms with van der Waals surface area (Å²) in [4.78, 5) is 0.186. The summed E-state index contributed by atoms with van der Waals surface area (Å²) in [6, 6.07) is 8.21. The molecule has 1 fully saturated rings. The Morgan fingerprint density at radius 1 is 1.21 bits per heavy atom. The van der Waals surface area contributed by atoms with Gasteiger partial charge in [-0.3, -0.25) is 0 Å². The molecule has 102 valence electrons. The van der Waals surface area contributed by atoms with Crippen LogP contribution < -0.4 is 4.74 Å². The Bertz CT molecular complexity index is 616. The zero-order chi connectivity index (χ0) is 14.3. The van der Waals surface area contributed by atoms with E-state index in [2.05, 4.69) is 0 Å². The molecular formula is C14H17NO3S. The summed E-state index contributed by atoms with van der Waals surface area (Å²) in [6.45, 7) is 3.96. The molecule has 0 heterocycles. The van der Waals surface area contributed by atoms with Crippen LogP contribution in [0.1, 0.15) is 26.7 Å². The summed E-state index contributed by atoms with van der Waals surface area (Å²) in [5.41, 5.74) is -0.0880. The Kier molecular flexibility index (Phi) is 3.10. The molecule has 0 atom stereocenters. The number of nitrogens with zero attached hydrogens (tertiary/aromatic N) is 1. The highest BCUT2D eigenvalue weighted by Crippen LogP contribution is 2.53. The molecule has 1 aliphatic carbocycles. The Balaban J connectivity index is 2.40. The van der Waals surface area contributed by atoms with Crippen LogP contribution in [0.5, 0.6) is 5.75 Å². The average molecular weight is 279 g/mol. The van der Waals surface area contributed by atoms with E-state index < -0.39 is 14.6 Å². The van der Waals surface area contributed by atoms with Crippen molar-refractivity contribution in [2.24, 2.45) is 5.41 Å². The van der Waals surface area contributed by atoms with Crippen molar-refractivity contribution in [3.05, 3.63) is 24.3 Å². The second-order valence-corrected chi connectivity index (χ2v) is 8.06. The normalized spacial score (nSPS) is 20.1. The van der Waals surface area contributed by atoms with Crippen molar-refractivity contribution in [1.29, 1.82) is 5.26 Å². The molecule has 0 saturated heterocycles. The molecule has 0 N–H and O–H groups in total. The molecule has 0 radical (unpaired) electrons. The van der Waals surface area contributed by atoms with Gasteiger partial charge in [-0.05, 0) is 42.5 Å². The third kappa shape index (κ3) is 2.10. The third-order valence-electron chi connectivity index (χ3n) is 3.62. The van der Waals surface area contributed by atoms with E-state index in [1.807, 2.05) is 19.9 Å². The van der Waals surface area contributed by atoms with E-state index in [0.29, 0.717) is 18.6 Å². The van der Waals surface area contributed by atoms with Gasteiger partial charge in [0.1, 0.15) is 5.75 Å². The van der Waals surface area contributed by atoms with Gasteiger partial charge in [-0.15, -0.1) is 0 Å². The summed E-state index contributed by atoms with van der Waals surface area (Å²) < 4.78 is 28.9. The minimum Gasteiger partial charge on any atom is -0.497 e. The second kappa shape index (κ2) is 4.24. The first-order valence-electron chi connectivity index (χ1n) is 6.06. The standard InChI is InChI=1S/C14H17NO3S/c1-13(2)8-14(9-13,10-15)19(16,17)12-6-4-11(18-3)5-7-12/h4-7H,8-9H2,1-3H3. The summed E-state index contributed by atoms with van der Waals surface area (Å²) in [5.74, 6) is 0.596. The van der Waals surface area contributed by atoms with Crippen LogP contribution in [0.4, 0.5) is 0 Å². The van der Waals surface area contributed by atoms with Crippen LogP contribution >= 0.6 is 0 Å². The molecule has 2 rings (SSSR count). The van der Waals surface area contributed by atoms with Crippen LogP contribution in [0.15, 0.2) is 29.2 Å². The molecule has 0 amide bonds. The predicted molar refractivity (Wildman–Crippen MR) is 71.5 cm³/mol. The lowest BCUT2D eigenvalue weighted by molar-refractivity contribution is 0.154. The molecule has 0 unspecified atom stereocenters. The van der Waals surface area contributed by atoms with Crippen molar-refractivity contribution in [2.45, 2.75) is 36.3 Å². The lowest BCUT2D eigenvalue weighted by atomic mass is 9.64. The number of hydrogen-bond donors (Lipinski definition) is 0. The highest BCUT2D eigenvalue weighted by Gasteiger charge is 2.58. The highest BCUT2D eigenvalue weighted by atomic mass is 32.2. The smallest absolute Gasteiger partial charge is 0.197 e. The van der Waals surface area contributed by atoms with Crippen molar-refractivity contribution < 1.29 is 13.2 Å². The fourth-order valence-corrected chi connectivity index (χ4v) is 5.03. The number of sulfone groups is 1. The Morgan fingerprint density at radius 2 is 1.74 bits per heavy atom. The molecule has 0 bridgehead atoms. The van der Waals surface area contributed by atoms with E-state index in [0.717, 1.165) is 0 Å². The van der Waals surface area contributed by atoms with Gasteiger partial charge in [-0.25, -0.2) is 8.42 Å². The quantitative estimate of drug-likeness (QED) is 0.852. The maximum absolute atomic E-state index is 12.6. The van der Waals surface area contributed by atoms with Gasteiger partial charge in [0.25, 0.3) is 0 Å². The van der Waals surface area contributed by atoms with E-state index in [-0.39, 0.29) is 10.3 Å². The van der Waals surface area contributed by atoms with E-state index in [1.165, 1.54) is 19.2 Å². The molecule has 0 aliphatic heterocycles. The van der Waals surface area contributed by atoms with Gasteiger partial charge >= 0.3 is 0 Å². The maximum Gasteiger partial charge on any atom is 0.197 e. The van der Waals surface area contributed by atoms with Crippen LogP contribution in [0, 0.1) is 16.7 Å². The lowest BCUT2D eigenvalue weighted by Crippen LogP contribution is -2.53. The number of benzene rings is 1.